The van der Waals surface area contributed by atoms with Gasteiger partial charge in [-0.05, 0) is 31.0 Å². The van der Waals surface area contributed by atoms with Gasteiger partial charge < -0.3 is 15.2 Å². The second kappa shape index (κ2) is 7.77. The van der Waals surface area contributed by atoms with E-state index in [4.69, 9.17) is 10.5 Å². The van der Waals surface area contributed by atoms with Crippen LogP contribution in [-0.4, -0.2) is 36.0 Å². The van der Waals surface area contributed by atoms with Crippen molar-refractivity contribution in [1.82, 2.24) is 9.78 Å². The minimum Gasteiger partial charge on any atom is -0.496 e. The van der Waals surface area contributed by atoms with Gasteiger partial charge in [-0.3, -0.25) is 9.48 Å². The number of aryl methyl sites for hydroxylation is 1. The molecule has 142 valence electrons. The fourth-order valence-electron chi connectivity index (χ4n) is 2.54. The molecule has 0 amide bonds. The molecule has 0 fully saturated rings. The van der Waals surface area contributed by atoms with Crippen LogP contribution in [0.2, 0.25) is 0 Å². The number of aromatic nitrogens is 2. The molecule has 2 aromatic rings. The van der Waals surface area contributed by atoms with Crippen molar-refractivity contribution in [2.75, 3.05) is 14.2 Å². The van der Waals surface area contributed by atoms with E-state index >= 15 is 0 Å². The van der Waals surface area contributed by atoms with E-state index in [1.54, 1.807) is 25.1 Å². The third kappa shape index (κ3) is 4.54. The predicted octanol–water partition coefficient (Wildman–Crippen LogP) is 2.31. The van der Waals surface area contributed by atoms with Crippen molar-refractivity contribution in [3.63, 3.8) is 0 Å². The fraction of sp³-hybridized carbons (Fsp3) is 0.412. The largest absolute Gasteiger partial charge is 0.496 e. The lowest BCUT2D eigenvalue weighted by molar-refractivity contribution is -0.142. The highest BCUT2D eigenvalue weighted by molar-refractivity contribution is 5.75. The average Bonchev–Trinajstić information content (AvgIpc) is 2.95. The maximum atomic E-state index is 12.8. The highest BCUT2D eigenvalue weighted by Crippen LogP contribution is 2.29. The minimum atomic E-state index is -4.50. The normalized spacial score (nSPS) is 12.7. The number of nitrogens with two attached hydrogens (primary N) is 1. The van der Waals surface area contributed by atoms with Crippen LogP contribution in [0.25, 0.3) is 0 Å². The highest BCUT2D eigenvalue weighted by atomic mass is 19.4. The zero-order valence-electron chi connectivity index (χ0n) is 14.6. The quantitative estimate of drug-likeness (QED) is 0.789. The number of benzene rings is 1. The van der Waals surface area contributed by atoms with E-state index in [0.29, 0.717) is 17.0 Å². The van der Waals surface area contributed by atoms with Gasteiger partial charge in [0.25, 0.3) is 0 Å². The molecule has 1 aromatic carbocycles. The van der Waals surface area contributed by atoms with Gasteiger partial charge in [-0.1, -0.05) is 12.1 Å². The number of ether oxygens (including phenoxy) is 2. The van der Waals surface area contributed by atoms with Crippen LogP contribution in [0, 0.1) is 6.92 Å². The molecule has 0 aliphatic carbocycles. The van der Waals surface area contributed by atoms with E-state index in [2.05, 4.69) is 9.84 Å². The first-order valence-electron chi connectivity index (χ1n) is 7.76. The molecule has 1 aromatic heterocycles. The summed E-state index contributed by atoms with van der Waals surface area (Å²) in [5.41, 5.74) is 6.55. The summed E-state index contributed by atoms with van der Waals surface area (Å²) in [5, 5.41) is 3.62. The molecular weight excluding hydrogens is 351 g/mol. The molecule has 0 aliphatic heterocycles. The molecule has 2 N–H and O–H groups in total. The Morgan fingerprint density at radius 1 is 1.31 bits per heavy atom. The third-order valence-corrected chi connectivity index (χ3v) is 3.90. The Bertz CT molecular complexity index is 787. The zero-order chi connectivity index (χ0) is 19.5. The second-order valence-corrected chi connectivity index (χ2v) is 5.81. The van der Waals surface area contributed by atoms with E-state index in [1.165, 1.54) is 18.9 Å². The second-order valence-electron chi connectivity index (χ2n) is 5.81. The van der Waals surface area contributed by atoms with E-state index < -0.39 is 23.9 Å². The Morgan fingerprint density at radius 3 is 2.54 bits per heavy atom. The van der Waals surface area contributed by atoms with Crippen molar-refractivity contribution in [1.29, 1.82) is 0 Å². The van der Waals surface area contributed by atoms with Crippen LogP contribution in [0.1, 0.15) is 22.5 Å². The van der Waals surface area contributed by atoms with Gasteiger partial charge >= 0.3 is 12.1 Å². The number of rotatable bonds is 6. The summed E-state index contributed by atoms with van der Waals surface area (Å²) in [5.74, 6) is -0.0380. The number of alkyl halides is 3. The molecular formula is C17H20F3N3O3. The highest BCUT2D eigenvalue weighted by Gasteiger charge is 2.34. The molecule has 1 unspecified atom stereocenters. The van der Waals surface area contributed by atoms with E-state index in [1.807, 2.05) is 0 Å². The number of carbonyl (C=O) groups is 1. The van der Waals surface area contributed by atoms with Gasteiger partial charge in [-0.25, -0.2) is 0 Å². The van der Waals surface area contributed by atoms with Gasteiger partial charge in [0.2, 0.25) is 0 Å². The molecule has 0 saturated carbocycles. The molecule has 2 rings (SSSR count). The van der Waals surface area contributed by atoms with Crippen molar-refractivity contribution in [3.8, 4) is 5.75 Å². The van der Waals surface area contributed by atoms with Crippen LogP contribution >= 0.6 is 0 Å². The Balaban J connectivity index is 2.29. The molecule has 0 radical (unpaired) electrons. The van der Waals surface area contributed by atoms with Crippen LogP contribution in [-0.2, 0) is 28.7 Å². The molecule has 1 heterocycles. The number of esters is 1. The Labute approximate surface area is 148 Å². The molecule has 0 spiro atoms. The van der Waals surface area contributed by atoms with E-state index in [-0.39, 0.29) is 13.0 Å². The molecule has 26 heavy (non-hydrogen) atoms. The van der Waals surface area contributed by atoms with Gasteiger partial charge in [0.05, 0.1) is 20.8 Å². The smallest absolute Gasteiger partial charge is 0.435 e. The monoisotopic (exact) mass is 371 g/mol. The fourth-order valence-corrected chi connectivity index (χ4v) is 2.54. The molecule has 6 nitrogen and oxygen atoms in total. The van der Waals surface area contributed by atoms with Crippen molar-refractivity contribution in [2.45, 2.75) is 32.1 Å². The first-order chi connectivity index (χ1) is 12.2. The van der Waals surface area contributed by atoms with Crippen molar-refractivity contribution in [2.24, 2.45) is 5.73 Å². The van der Waals surface area contributed by atoms with Gasteiger partial charge in [-0.2, -0.15) is 18.3 Å². The van der Waals surface area contributed by atoms with Crippen molar-refractivity contribution in [3.05, 3.63) is 46.8 Å². The number of halogens is 3. The lowest BCUT2D eigenvalue weighted by Gasteiger charge is -2.14. The van der Waals surface area contributed by atoms with Crippen molar-refractivity contribution >= 4 is 5.97 Å². The summed E-state index contributed by atoms with van der Waals surface area (Å²) in [6, 6.07) is 5.31. The maximum absolute atomic E-state index is 12.8. The number of hydrogen-bond acceptors (Lipinski definition) is 5. The SMILES string of the molecule is COC(=O)C(N)Cc1ccc(OC)c(Cn2nc(C(F)(F)F)cc2C)c1. The Morgan fingerprint density at radius 2 is 2.00 bits per heavy atom. The lowest BCUT2D eigenvalue weighted by atomic mass is 10.0. The molecule has 0 bridgehead atoms. The number of nitrogens with zero attached hydrogens (tertiary/aromatic N) is 2. The maximum Gasteiger partial charge on any atom is 0.435 e. The van der Waals surface area contributed by atoms with Crippen LogP contribution in [0.4, 0.5) is 13.2 Å². The van der Waals surface area contributed by atoms with E-state index in [0.717, 1.165) is 11.6 Å². The first-order valence-corrected chi connectivity index (χ1v) is 7.76. The van der Waals surface area contributed by atoms with Gasteiger partial charge in [0, 0.05) is 11.3 Å². The number of hydrogen-bond donors (Lipinski definition) is 1. The Hall–Kier alpha value is -2.55. The van der Waals surface area contributed by atoms with Gasteiger partial charge in [0.1, 0.15) is 11.8 Å². The molecule has 1 atom stereocenters. The van der Waals surface area contributed by atoms with Crippen LogP contribution < -0.4 is 10.5 Å². The van der Waals surface area contributed by atoms with Crippen LogP contribution in [0.3, 0.4) is 0 Å². The van der Waals surface area contributed by atoms with Gasteiger partial charge in [0.15, 0.2) is 5.69 Å². The first kappa shape index (κ1) is 19.8. The topological polar surface area (TPSA) is 79.4 Å². The summed E-state index contributed by atoms with van der Waals surface area (Å²) in [6.07, 6.45) is -4.27. The third-order valence-electron chi connectivity index (χ3n) is 3.90. The summed E-state index contributed by atoms with van der Waals surface area (Å²) in [7, 11) is 2.72. The minimum absolute atomic E-state index is 0.0897. The number of carbonyl (C=O) groups excluding carboxylic acids is 1. The zero-order valence-corrected chi connectivity index (χ0v) is 14.6. The van der Waals surface area contributed by atoms with Crippen LogP contribution in [0.5, 0.6) is 5.75 Å². The Kier molecular flexibility index (Phi) is 5.91. The van der Waals surface area contributed by atoms with Crippen molar-refractivity contribution < 1.29 is 27.4 Å². The molecule has 9 heteroatoms. The summed E-state index contributed by atoms with van der Waals surface area (Å²) < 4.78 is 49.6. The van der Waals surface area contributed by atoms with Crippen LogP contribution in [0.15, 0.2) is 24.3 Å². The lowest BCUT2D eigenvalue weighted by Crippen LogP contribution is -2.33. The average molecular weight is 371 g/mol. The summed E-state index contributed by atoms with van der Waals surface area (Å²) >= 11 is 0. The number of methoxy groups -OCH3 is 2. The molecule has 0 aliphatic rings. The van der Waals surface area contributed by atoms with E-state index in [9.17, 15) is 18.0 Å². The summed E-state index contributed by atoms with van der Waals surface area (Å²) in [6.45, 7) is 1.64. The van der Waals surface area contributed by atoms with Gasteiger partial charge in [-0.15, -0.1) is 0 Å². The summed E-state index contributed by atoms with van der Waals surface area (Å²) in [4.78, 5) is 11.5. The predicted molar refractivity (Wildman–Crippen MR) is 87.8 cm³/mol. The standard InChI is InChI=1S/C17H20F3N3O3/c1-10-6-15(17(18,19)20)22-23(10)9-12-7-11(4-5-14(12)25-2)8-13(21)16(24)26-3/h4-7,13H,8-9,21H2,1-3H3. The molecule has 0 saturated heterocycles.